The second kappa shape index (κ2) is 7.17. The zero-order valence-corrected chi connectivity index (χ0v) is 13.8. The van der Waals surface area contributed by atoms with Crippen LogP contribution in [0, 0.1) is 11.3 Å². The number of urea groups is 1. The summed E-state index contributed by atoms with van der Waals surface area (Å²) in [5.41, 5.74) is 1.77. The average Bonchev–Trinajstić information content (AvgIpc) is 2.54. The Morgan fingerprint density at radius 2 is 1.83 bits per heavy atom. The van der Waals surface area contributed by atoms with Crippen LogP contribution in [0.2, 0.25) is 5.02 Å². The molecular weight excluding hydrogens is 310 g/mol. The van der Waals surface area contributed by atoms with Gasteiger partial charge in [-0.25, -0.2) is 4.79 Å². The lowest BCUT2D eigenvalue weighted by atomic mass is 9.85. The number of hydrogen-bond acceptors (Lipinski definition) is 2. The summed E-state index contributed by atoms with van der Waals surface area (Å²) in [4.78, 5) is 12.1. The van der Waals surface area contributed by atoms with Crippen LogP contribution in [0.3, 0.4) is 0 Å². The van der Waals surface area contributed by atoms with E-state index in [-0.39, 0.29) is 11.4 Å². The molecule has 118 valence electrons. The van der Waals surface area contributed by atoms with Crippen molar-refractivity contribution in [3.8, 4) is 6.07 Å². The highest BCUT2D eigenvalue weighted by molar-refractivity contribution is 6.30. The largest absolute Gasteiger partial charge is 0.337 e. The van der Waals surface area contributed by atoms with Crippen LogP contribution in [0.25, 0.3) is 0 Å². The lowest BCUT2D eigenvalue weighted by Crippen LogP contribution is -2.39. The third-order valence-corrected chi connectivity index (χ3v) is 3.86. The summed E-state index contributed by atoms with van der Waals surface area (Å²) < 4.78 is 0. The van der Waals surface area contributed by atoms with Crippen LogP contribution < -0.4 is 10.6 Å². The Balaban J connectivity index is 1.98. The lowest BCUT2D eigenvalue weighted by Gasteiger charge is -2.25. The Morgan fingerprint density at radius 1 is 1.17 bits per heavy atom. The fraction of sp³-hybridized carbons (Fsp3) is 0.222. The van der Waals surface area contributed by atoms with Gasteiger partial charge in [0.15, 0.2) is 0 Å². The summed E-state index contributed by atoms with van der Waals surface area (Å²) >= 11 is 5.90. The summed E-state index contributed by atoms with van der Waals surface area (Å²) in [5.74, 6) is 0. The number of rotatable bonds is 4. The third-order valence-electron chi connectivity index (χ3n) is 3.61. The van der Waals surface area contributed by atoms with Crippen LogP contribution >= 0.6 is 11.6 Å². The number of nitriles is 1. The Morgan fingerprint density at radius 3 is 2.48 bits per heavy atom. The normalized spacial score (nSPS) is 10.7. The van der Waals surface area contributed by atoms with E-state index in [1.807, 2.05) is 44.2 Å². The summed E-state index contributed by atoms with van der Waals surface area (Å²) in [5, 5.41) is 15.3. The minimum absolute atomic E-state index is 0.239. The molecule has 0 aliphatic heterocycles. The maximum atomic E-state index is 12.1. The van der Waals surface area contributed by atoms with Gasteiger partial charge in [-0.2, -0.15) is 5.26 Å². The molecule has 4 nitrogen and oxygen atoms in total. The molecule has 5 heteroatoms. The van der Waals surface area contributed by atoms with Gasteiger partial charge < -0.3 is 10.6 Å². The number of nitrogens with one attached hydrogen (secondary N) is 2. The van der Waals surface area contributed by atoms with Crippen LogP contribution in [0.4, 0.5) is 10.5 Å². The van der Waals surface area contributed by atoms with Crippen molar-refractivity contribution in [3.05, 3.63) is 64.7 Å². The summed E-state index contributed by atoms with van der Waals surface area (Å²) in [6, 6.07) is 16.2. The number of hydrogen-bond donors (Lipinski definition) is 2. The number of amides is 2. The van der Waals surface area contributed by atoms with Crippen LogP contribution in [0.15, 0.2) is 48.5 Å². The molecule has 2 rings (SSSR count). The van der Waals surface area contributed by atoms with Crippen molar-refractivity contribution < 1.29 is 4.79 Å². The molecule has 2 amide bonds. The standard InChI is InChI=1S/C18H18ClN3O/c1-18(2,14-7-9-15(19)10-8-14)12-21-17(23)22-16-6-4-3-5-13(16)11-20/h3-10H,12H2,1-2H3,(H2,21,22,23). The van der Waals surface area contributed by atoms with E-state index in [0.717, 1.165) is 5.56 Å². The summed E-state index contributed by atoms with van der Waals surface area (Å²) in [6.45, 7) is 4.54. The van der Waals surface area contributed by atoms with Crippen LogP contribution in [0.5, 0.6) is 0 Å². The Labute approximate surface area is 141 Å². The zero-order chi connectivity index (χ0) is 16.9. The van der Waals surface area contributed by atoms with E-state index in [4.69, 9.17) is 16.9 Å². The summed E-state index contributed by atoms with van der Waals surface area (Å²) in [7, 11) is 0. The molecule has 0 saturated heterocycles. The highest BCUT2D eigenvalue weighted by Gasteiger charge is 2.21. The van der Waals surface area contributed by atoms with Crippen molar-refractivity contribution in [2.24, 2.45) is 0 Å². The average molecular weight is 328 g/mol. The Bertz CT molecular complexity index is 733. The van der Waals surface area contributed by atoms with E-state index in [1.165, 1.54) is 0 Å². The van der Waals surface area contributed by atoms with Gasteiger partial charge in [0.05, 0.1) is 11.3 Å². The van der Waals surface area contributed by atoms with Crippen molar-refractivity contribution >= 4 is 23.3 Å². The van der Waals surface area contributed by atoms with E-state index < -0.39 is 0 Å². The molecule has 0 bridgehead atoms. The van der Waals surface area contributed by atoms with E-state index in [1.54, 1.807) is 24.3 Å². The second-order valence-corrected chi connectivity index (χ2v) is 6.29. The van der Waals surface area contributed by atoms with Gasteiger partial charge in [-0.15, -0.1) is 0 Å². The fourth-order valence-corrected chi connectivity index (χ4v) is 2.29. The highest BCUT2D eigenvalue weighted by Crippen LogP contribution is 2.24. The SMILES string of the molecule is CC(C)(CNC(=O)Nc1ccccc1C#N)c1ccc(Cl)cc1. The van der Waals surface area contributed by atoms with Crippen LogP contribution in [0.1, 0.15) is 25.0 Å². The topological polar surface area (TPSA) is 64.9 Å². The monoisotopic (exact) mass is 327 g/mol. The van der Waals surface area contributed by atoms with Gasteiger partial charge in [0.1, 0.15) is 6.07 Å². The molecule has 2 N–H and O–H groups in total. The number of para-hydroxylation sites is 1. The first-order valence-corrected chi connectivity index (χ1v) is 7.60. The molecule has 0 aliphatic carbocycles. The molecule has 0 saturated carbocycles. The molecule has 0 fully saturated rings. The molecule has 0 aliphatic rings. The van der Waals surface area contributed by atoms with Gasteiger partial charge in [0, 0.05) is 17.0 Å². The van der Waals surface area contributed by atoms with E-state index in [9.17, 15) is 4.79 Å². The number of carbonyl (C=O) groups excluding carboxylic acids is 1. The number of halogens is 1. The van der Waals surface area contributed by atoms with Crippen LogP contribution in [-0.2, 0) is 5.41 Å². The minimum atomic E-state index is -0.338. The Kier molecular flexibility index (Phi) is 5.25. The van der Waals surface area contributed by atoms with Gasteiger partial charge in [-0.1, -0.05) is 49.7 Å². The van der Waals surface area contributed by atoms with Crippen molar-refractivity contribution in [2.45, 2.75) is 19.3 Å². The van der Waals surface area contributed by atoms with Crippen molar-refractivity contribution in [1.82, 2.24) is 5.32 Å². The van der Waals surface area contributed by atoms with E-state index in [2.05, 4.69) is 10.6 Å². The predicted molar refractivity (Wildman–Crippen MR) is 92.7 cm³/mol. The molecule has 0 spiro atoms. The maximum absolute atomic E-state index is 12.1. The number of nitrogens with zero attached hydrogens (tertiary/aromatic N) is 1. The first kappa shape index (κ1) is 16.9. The Hall–Kier alpha value is -2.51. The third kappa shape index (κ3) is 4.48. The summed E-state index contributed by atoms with van der Waals surface area (Å²) in [6.07, 6.45) is 0. The van der Waals surface area contributed by atoms with Gasteiger partial charge in [-0.05, 0) is 29.8 Å². The molecule has 0 aromatic heterocycles. The van der Waals surface area contributed by atoms with Gasteiger partial charge in [-0.3, -0.25) is 0 Å². The zero-order valence-electron chi connectivity index (χ0n) is 13.1. The minimum Gasteiger partial charge on any atom is -0.337 e. The van der Waals surface area contributed by atoms with Crippen molar-refractivity contribution in [3.63, 3.8) is 0 Å². The quantitative estimate of drug-likeness (QED) is 0.878. The molecule has 0 unspecified atom stereocenters. The predicted octanol–water partition coefficient (Wildman–Crippen LogP) is 4.31. The first-order chi connectivity index (χ1) is 10.9. The molecule has 23 heavy (non-hydrogen) atoms. The smallest absolute Gasteiger partial charge is 0.319 e. The van der Waals surface area contributed by atoms with E-state index >= 15 is 0 Å². The highest BCUT2D eigenvalue weighted by atomic mass is 35.5. The first-order valence-electron chi connectivity index (χ1n) is 7.22. The lowest BCUT2D eigenvalue weighted by molar-refractivity contribution is 0.249. The number of benzene rings is 2. The molecule has 0 radical (unpaired) electrons. The fourth-order valence-electron chi connectivity index (χ4n) is 2.16. The molecule has 0 heterocycles. The van der Waals surface area contributed by atoms with Crippen LogP contribution in [-0.4, -0.2) is 12.6 Å². The van der Waals surface area contributed by atoms with Crippen molar-refractivity contribution in [2.75, 3.05) is 11.9 Å². The van der Waals surface area contributed by atoms with Crippen molar-refractivity contribution in [1.29, 1.82) is 5.26 Å². The molecule has 2 aromatic rings. The van der Waals surface area contributed by atoms with Gasteiger partial charge >= 0.3 is 6.03 Å². The van der Waals surface area contributed by atoms with E-state index in [0.29, 0.717) is 22.8 Å². The molecule has 2 aromatic carbocycles. The van der Waals surface area contributed by atoms with Gasteiger partial charge in [0.2, 0.25) is 0 Å². The molecular formula is C18H18ClN3O. The number of carbonyl (C=O) groups is 1. The maximum Gasteiger partial charge on any atom is 0.319 e. The van der Waals surface area contributed by atoms with Gasteiger partial charge in [0.25, 0.3) is 0 Å². The number of anilines is 1. The molecule has 0 atom stereocenters. The second-order valence-electron chi connectivity index (χ2n) is 5.86.